The van der Waals surface area contributed by atoms with Crippen molar-refractivity contribution in [3.05, 3.63) is 74.9 Å². The maximum Gasteiger partial charge on any atom is 0.271 e. The molecule has 1 amide bonds. The predicted molar refractivity (Wildman–Crippen MR) is 145 cm³/mol. The van der Waals surface area contributed by atoms with Gasteiger partial charge in [0.25, 0.3) is 5.91 Å². The smallest absolute Gasteiger partial charge is 0.271 e. The Morgan fingerprint density at radius 1 is 1.23 bits per heavy atom. The van der Waals surface area contributed by atoms with Crippen LogP contribution in [0.2, 0.25) is 5.02 Å². The molecule has 0 aliphatic carbocycles. The normalized spacial score (nSPS) is 14.0. The number of rotatable bonds is 6. The van der Waals surface area contributed by atoms with Crippen LogP contribution >= 0.6 is 35.2 Å². The van der Waals surface area contributed by atoms with Gasteiger partial charge in [-0.3, -0.25) is 4.79 Å². The van der Waals surface area contributed by atoms with E-state index in [1.54, 1.807) is 11.4 Å². The monoisotopic (exact) mass is 531 g/mol. The molecule has 10 heteroatoms. The minimum Gasteiger partial charge on any atom is -0.378 e. The van der Waals surface area contributed by atoms with Crippen molar-refractivity contribution in [3.8, 4) is 0 Å². The number of halogens is 2. The molecule has 6 nitrogen and oxygen atoms in total. The molecule has 1 aliphatic heterocycles. The quantitative estimate of drug-likeness (QED) is 0.409. The number of thiocarbonyl (C=S) groups is 1. The summed E-state index contributed by atoms with van der Waals surface area (Å²) in [6.07, 6.45) is 1.84. The lowest BCUT2D eigenvalue weighted by Gasteiger charge is -2.33. The molecule has 2 heterocycles. The van der Waals surface area contributed by atoms with Crippen LogP contribution in [0.3, 0.4) is 0 Å². The van der Waals surface area contributed by atoms with E-state index in [0.29, 0.717) is 11.6 Å². The maximum absolute atomic E-state index is 13.3. The van der Waals surface area contributed by atoms with Gasteiger partial charge in [-0.05, 0) is 67.0 Å². The first-order valence-corrected chi connectivity index (χ1v) is 13.0. The van der Waals surface area contributed by atoms with Crippen LogP contribution in [0.4, 0.5) is 15.8 Å². The molecule has 1 aliphatic rings. The lowest BCUT2D eigenvalue weighted by Crippen LogP contribution is -2.40. The van der Waals surface area contributed by atoms with E-state index >= 15 is 0 Å². The van der Waals surface area contributed by atoms with Crippen molar-refractivity contribution >= 4 is 57.5 Å². The third kappa shape index (κ3) is 6.48. The van der Waals surface area contributed by atoms with Gasteiger partial charge in [-0.2, -0.15) is 0 Å². The van der Waals surface area contributed by atoms with Crippen LogP contribution in [0.5, 0.6) is 0 Å². The lowest BCUT2D eigenvalue weighted by atomic mass is 9.98. The molecule has 184 valence electrons. The fraction of sp³-hybridized carbons (Fsp3) is 0.320. The average molecular weight is 532 g/mol. The maximum atomic E-state index is 13.3. The van der Waals surface area contributed by atoms with Gasteiger partial charge in [-0.25, -0.2) is 9.37 Å². The zero-order chi connectivity index (χ0) is 24.9. The number of carbonyl (C=O) groups excluding carboxylic acids is 1. The number of amides is 1. The molecule has 0 unspecified atom stereocenters. The number of anilines is 2. The first kappa shape index (κ1) is 25.3. The molecule has 4 rings (SSSR count). The minimum absolute atomic E-state index is 0.0379. The summed E-state index contributed by atoms with van der Waals surface area (Å²) in [4.78, 5) is 21.4. The fourth-order valence-corrected chi connectivity index (χ4v) is 5.35. The van der Waals surface area contributed by atoms with E-state index in [0.717, 1.165) is 53.0 Å². The number of aromatic nitrogens is 1. The lowest BCUT2D eigenvalue weighted by molar-refractivity contribution is 0.0946. The van der Waals surface area contributed by atoms with Gasteiger partial charge in [-0.15, -0.1) is 11.3 Å². The van der Waals surface area contributed by atoms with Crippen molar-refractivity contribution < 1.29 is 9.18 Å². The van der Waals surface area contributed by atoms with Crippen molar-refractivity contribution in [2.45, 2.75) is 25.3 Å². The third-order valence-electron chi connectivity index (χ3n) is 5.96. The highest BCUT2D eigenvalue weighted by molar-refractivity contribution is 7.80. The molecule has 0 saturated carbocycles. The largest absolute Gasteiger partial charge is 0.378 e. The van der Waals surface area contributed by atoms with E-state index in [2.05, 4.69) is 37.6 Å². The SMILES string of the molecule is CN(C)c1ccc(NC(=S)N2CCC(c3nc(C(=O)NCc4ccc(F)c(Cl)c4)cs3)CC2)cc1. The average Bonchev–Trinajstić information content (AvgIpc) is 3.35. The van der Waals surface area contributed by atoms with E-state index in [1.165, 1.54) is 23.5 Å². The Kier molecular flexibility index (Phi) is 8.20. The van der Waals surface area contributed by atoms with Crippen molar-refractivity contribution in [2.75, 3.05) is 37.4 Å². The highest BCUT2D eigenvalue weighted by Gasteiger charge is 2.25. The Morgan fingerprint density at radius 3 is 2.60 bits per heavy atom. The first-order chi connectivity index (χ1) is 16.8. The number of thiazole rings is 1. The molecule has 0 atom stereocenters. The van der Waals surface area contributed by atoms with Gasteiger partial charge >= 0.3 is 0 Å². The van der Waals surface area contributed by atoms with Crippen LogP contribution in [0.15, 0.2) is 47.8 Å². The van der Waals surface area contributed by atoms with Gasteiger partial charge in [0.05, 0.1) is 10.0 Å². The number of hydrogen-bond donors (Lipinski definition) is 2. The Bertz CT molecular complexity index is 1190. The summed E-state index contributed by atoms with van der Waals surface area (Å²) in [6, 6.07) is 12.6. The summed E-state index contributed by atoms with van der Waals surface area (Å²) in [7, 11) is 4.03. The molecule has 3 aromatic rings. The number of hydrogen-bond acceptors (Lipinski definition) is 5. The topological polar surface area (TPSA) is 60.5 Å². The molecule has 1 aromatic heterocycles. The van der Waals surface area contributed by atoms with E-state index in [-0.39, 0.29) is 17.5 Å². The zero-order valence-electron chi connectivity index (χ0n) is 19.6. The van der Waals surface area contributed by atoms with Crippen LogP contribution < -0.4 is 15.5 Å². The summed E-state index contributed by atoms with van der Waals surface area (Å²) < 4.78 is 13.3. The molecular weight excluding hydrogens is 505 g/mol. The number of nitrogens with one attached hydrogen (secondary N) is 2. The van der Waals surface area contributed by atoms with E-state index < -0.39 is 5.82 Å². The van der Waals surface area contributed by atoms with E-state index in [9.17, 15) is 9.18 Å². The van der Waals surface area contributed by atoms with Gasteiger partial charge in [0, 0.05) is 56.4 Å². The number of nitrogens with zero attached hydrogens (tertiary/aromatic N) is 3. The van der Waals surface area contributed by atoms with Crippen molar-refractivity contribution in [2.24, 2.45) is 0 Å². The zero-order valence-corrected chi connectivity index (χ0v) is 21.9. The summed E-state index contributed by atoms with van der Waals surface area (Å²) in [5.74, 6) is -0.431. The fourth-order valence-electron chi connectivity index (χ4n) is 3.88. The predicted octanol–water partition coefficient (Wildman–Crippen LogP) is 5.51. The molecule has 1 saturated heterocycles. The summed E-state index contributed by atoms with van der Waals surface area (Å²) >= 11 is 12.9. The molecule has 0 bridgehead atoms. The van der Waals surface area contributed by atoms with E-state index in [4.69, 9.17) is 23.8 Å². The Morgan fingerprint density at radius 2 is 1.94 bits per heavy atom. The molecule has 0 radical (unpaired) electrons. The third-order valence-corrected chi connectivity index (χ3v) is 7.62. The van der Waals surface area contributed by atoms with Crippen molar-refractivity contribution in [3.63, 3.8) is 0 Å². The Hall–Kier alpha value is -2.75. The van der Waals surface area contributed by atoms with Crippen LogP contribution in [0.25, 0.3) is 0 Å². The number of carbonyl (C=O) groups is 1. The number of benzene rings is 2. The van der Waals surface area contributed by atoms with Crippen molar-refractivity contribution in [1.82, 2.24) is 15.2 Å². The molecule has 1 fully saturated rings. The second kappa shape index (κ2) is 11.3. The van der Waals surface area contributed by atoms with Crippen molar-refractivity contribution in [1.29, 1.82) is 0 Å². The molecule has 35 heavy (non-hydrogen) atoms. The summed E-state index contributed by atoms with van der Waals surface area (Å²) in [5.41, 5.74) is 3.24. The van der Waals surface area contributed by atoms with Gasteiger partial charge in [-0.1, -0.05) is 17.7 Å². The van der Waals surface area contributed by atoms with Gasteiger partial charge in [0.1, 0.15) is 11.5 Å². The Labute approximate surface area is 219 Å². The second-order valence-corrected chi connectivity index (χ2v) is 10.3. The second-order valence-electron chi connectivity index (χ2n) is 8.63. The van der Waals surface area contributed by atoms with Gasteiger partial charge in [0.15, 0.2) is 5.11 Å². The first-order valence-electron chi connectivity index (χ1n) is 11.3. The van der Waals surface area contributed by atoms with Crippen LogP contribution in [0.1, 0.15) is 39.8 Å². The molecule has 0 spiro atoms. The highest BCUT2D eigenvalue weighted by atomic mass is 35.5. The highest BCUT2D eigenvalue weighted by Crippen LogP contribution is 2.31. The molecular formula is C25H27ClFN5OS2. The van der Waals surface area contributed by atoms with Gasteiger partial charge in [0.2, 0.25) is 0 Å². The molecule has 2 N–H and O–H groups in total. The van der Waals surface area contributed by atoms with Crippen LogP contribution in [-0.2, 0) is 6.54 Å². The van der Waals surface area contributed by atoms with Crippen LogP contribution in [0, 0.1) is 5.82 Å². The number of piperidine rings is 1. The Balaban J connectivity index is 1.26. The van der Waals surface area contributed by atoms with Crippen LogP contribution in [-0.4, -0.2) is 48.1 Å². The van der Waals surface area contributed by atoms with Gasteiger partial charge < -0.3 is 20.4 Å². The summed E-state index contributed by atoms with van der Waals surface area (Å²) in [5, 5.41) is 9.67. The summed E-state index contributed by atoms with van der Waals surface area (Å²) in [6.45, 7) is 1.92. The standard InChI is InChI=1S/C25H27ClFN5OS2/c1-31(2)19-6-4-18(5-7-19)29-25(34)32-11-9-17(10-12-32)24-30-22(15-35-24)23(33)28-14-16-3-8-21(27)20(26)13-16/h3-8,13,15,17H,9-12,14H2,1-2H3,(H,28,33)(H,29,34). The number of likely N-dealkylation sites (tertiary alicyclic amines) is 1. The van der Waals surface area contributed by atoms with E-state index in [1.807, 2.05) is 26.2 Å². The molecule has 2 aromatic carbocycles. The minimum atomic E-state index is -0.480.